The molecule has 0 aliphatic carbocycles. The third-order valence-corrected chi connectivity index (χ3v) is 4.53. The zero-order valence-electron chi connectivity index (χ0n) is 14.9. The lowest BCUT2D eigenvalue weighted by Gasteiger charge is -2.33. The van der Waals surface area contributed by atoms with Crippen LogP contribution in [0.15, 0.2) is 42.7 Å². The third-order valence-electron chi connectivity index (χ3n) is 4.53. The standard InChI is InChI=1S/C19H23N5O2/c1-2-23(14-16-6-4-3-5-7-16)19(26)17-12-21-18(13-20-17)24-10-8-22(15-25)9-11-24/h3-7,12-13,15H,2,8-11,14H2,1H3. The van der Waals surface area contributed by atoms with Gasteiger partial charge in [-0.25, -0.2) is 9.97 Å². The Morgan fingerprint density at radius 2 is 1.85 bits per heavy atom. The molecule has 0 bridgehead atoms. The van der Waals surface area contributed by atoms with Gasteiger partial charge in [-0.05, 0) is 12.5 Å². The third kappa shape index (κ3) is 4.17. The molecule has 7 nitrogen and oxygen atoms in total. The van der Waals surface area contributed by atoms with Crippen molar-refractivity contribution in [3.8, 4) is 0 Å². The number of aromatic nitrogens is 2. The van der Waals surface area contributed by atoms with Crippen LogP contribution in [0, 0.1) is 0 Å². The quantitative estimate of drug-likeness (QED) is 0.735. The van der Waals surface area contributed by atoms with Crippen LogP contribution in [-0.2, 0) is 11.3 Å². The van der Waals surface area contributed by atoms with E-state index < -0.39 is 0 Å². The van der Waals surface area contributed by atoms with Crippen LogP contribution in [0.2, 0.25) is 0 Å². The second-order valence-corrected chi connectivity index (χ2v) is 6.19. The van der Waals surface area contributed by atoms with Gasteiger partial charge in [-0.15, -0.1) is 0 Å². The highest BCUT2D eigenvalue weighted by atomic mass is 16.2. The van der Waals surface area contributed by atoms with Crippen LogP contribution in [0.3, 0.4) is 0 Å². The van der Waals surface area contributed by atoms with Crippen LogP contribution in [0.5, 0.6) is 0 Å². The maximum Gasteiger partial charge on any atom is 0.274 e. The Kier molecular flexibility index (Phi) is 5.78. The summed E-state index contributed by atoms with van der Waals surface area (Å²) in [5, 5.41) is 0. The van der Waals surface area contributed by atoms with Crippen LogP contribution < -0.4 is 4.90 Å². The first-order valence-corrected chi connectivity index (χ1v) is 8.80. The van der Waals surface area contributed by atoms with Crippen LogP contribution in [-0.4, -0.2) is 64.8 Å². The molecule has 0 unspecified atom stereocenters. The van der Waals surface area contributed by atoms with E-state index >= 15 is 0 Å². The Balaban J connectivity index is 1.65. The molecule has 1 fully saturated rings. The number of amides is 2. The Morgan fingerprint density at radius 3 is 2.42 bits per heavy atom. The fourth-order valence-corrected chi connectivity index (χ4v) is 2.94. The summed E-state index contributed by atoms with van der Waals surface area (Å²) in [6.45, 7) is 5.89. The Bertz CT molecular complexity index is 727. The minimum absolute atomic E-state index is 0.124. The molecule has 136 valence electrons. The summed E-state index contributed by atoms with van der Waals surface area (Å²) in [4.78, 5) is 37.8. The highest BCUT2D eigenvalue weighted by molar-refractivity contribution is 5.92. The summed E-state index contributed by atoms with van der Waals surface area (Å²) in [6.07, 6.45) is 4.05. The van der Waals surface area contributed by atoms with Gasteiger partial charge in [-0.1, -0.05) is 30.3 Å². The van der Waals surface area contributed by atoms with E-state index in [4.69, 9.17) is 0 Å². The molecule has 1 aliphatic heterocycles. The first kappa shape index (κ1) is 17.8. The van der Waals surface area contributed by atoms with Gasteiger partial charge in [0.15, 0.2) is 0 Å². The molecule has 0 saturated carbocycles. The molecule has 2 heterocycles. The molecular weight excluding hydrogens is 330 g/mol. The number of carbonyl (C=O) groups is 2. The lowest BCUT2D eigenvalue weighted by Crippen LogP contribution is -2.46. The van der Waals surface area contributed by atoms with Crippen molar-refractivity contribution in [3.63, 3.8) is 0 Å². The average molecular weight is 353 g/mol. The zero-order valence-corrected chi connectivity index (χ0v) is 14.9. The van der Waals surface area contributed by atoms with Gasteiger partial charge in [0.05, 0.1) is 12.4 Å². The van der Waals surface area contributed by atoms with Crippen molar-refractivity contribution in [2.45, 2.75) is 13.5 Å². The summed E-state index contributed by atoms with van der Waals surface area (Å²) in [7, 11) is 0. The normalized spacial score (nSPS) is 14.2. The van der Waals surface area contributed by atoms with E-state index in [0.717, 1.165) is 30.9 Å². The fourth-order valence-electron chi connectivity index (χ4n) is 2.94. The Hall–Kier alpha value is -2.96. The molecule has 1 aromatic heterocycles. The topological polar surface area (TPSA) is 69.6 Å². The van der Waals surface area contributed by atoms with E-state index in [0.29, 0.717) is 31.9 Å². The van der Waals surface area contributed by atoms with Crippen LogP contribution in [0.4, 0.5) is 5.82 Å². The number of benzene rings is 1. The zero-order chi connectivity index (χ0) is 18.4. The molecule has 7 heteroatoms. The van der Waals surface area contributed by atoms with Crippen molar-refractivity contribution in [2.24, 2.45) is 0 Å². The predicted octanol–water partition coefficient (Wildman–Crippen LogP) is 1.42. The minimum Gasteiger partial charge on any atom is -0.352 e. The van der Waals surface area contributed by atoms with E-state index in [-0.39, 0.29) is 5.91 Å². The number of hydrogen-bond acceptors (Lipinski definition) is 5. The molecule has 2 aromatic rings. The van der Waals surface area contributed by atoms with Gasteiger partial charge in [-0.3, -0.25) is 9.59 Å². The molecule has 1 saturated heterocycles. The number of nitrogens with zero attached hydrogens (tertiary/aromatic N) is 5. The molecule has 0 spiro atoms. The van der Waals surface area contributed by atoms with Crippen molar-refractivity contribution < 1.29 is 9.59 Å². The highest BCUT2D eigenvalue weighted by Crippen LogP contribution is 2.13. The molecular formula is C19H23N5O2. The highest BCUT2D eigenvalue weighted by Gasteiger charge is 2.19. The van der Waals surface area contributed by atoms with E-state index in [9.17, 15) is 9.59 Å². The molecule has 3 rings (SSSR count). The molecule has 1 aliphatic rings. The van der Waals surface area contributed by atoms with Gasteiger partial charge in [0.1, 0.15) is 11.5 Å². The predicted molar refractivity (Wildman–Crippen MR) is 98.7 cm³/mol. The lowest BCUT2D eigenvalue weighted by molar-refractivity contribution is -0.118. The van der Waals surface area contributed by atoms with Gasteiger partial charge >= 0.3 is 0 Å². The number of hydrogen-bond donors (Lipinski definition) is 0. The minimum atomic E-state index is -0.124. The maximum atomic E-state index is 12.7. The van der Waals surface area contributed by atoms with Crippen molar-refractivity contribution >= 4 is 18.1 Å². The maximum absolute atomic E-state index is 12.7. The molecule has 0 N–H and O–H groups in total. The smallest absolute Gasteiger partial charge is 0.274 e. The monoisotopic (exact) mass is 353 g/mol. The van der Waals surface area contributed by atoms with Crippen LogP contribution in [0.1, 0.15) is 23.0 Å². The van der Waals surface area contributed by atoms with Crippen molar-refractivity contribution in [1.29, 1.82) is 0 Å². The van der Waals surface area contributed by atoms with Gasteiger partial charge in [0.2, 0.25) is 6.41 Å². The van der Waals surface area contributed by atoms with Gasteiger partial charge in [0, 0.05) is 39.3 Å². The van der Waals surface area contributed by atoms with Crippen LogP contribution in [0.25, 0.3) is 0 Å². The number of rotatable bonds is 6. The van der Waals surface area contributed by atoms with Crippen LogP contribution >= 0.6 is 0 Å². The molecule has 0 atom stereocenters. The molecule has 26 heavy (non-hydrogen) atoms. The largest absolute Gasteiger partial charge is 0.352 e. The average Bonchev–Trinajstić information content (AvgIpc) is 2.72. The molecule has 2 amide bonds. The van der Waals surface area contributed by atoms with Crippen molar-refractivity contribution in [3.05, 3.63) is 54.0 Å². The van der Waals surface area contributed by atoms with Gasteiger partial charge in [-0.2, -0.15) is 0 Å². The number of carbonyl (C=O) groups excluding carboxylic acids is 2. The Morgan fingerprint density at radius 1 is 1.12 bits per heavy atom. The summed E-state index contributed by atoms with van der Waals surface area (Å²) in [5.74, 6) is 0.611. The first-order valence-electron chi connectivity index (χ1n) is 8.80. The van der Waals surface area contributed by atoms with E-state index in [1.807, 2.05) is 37.3 Å². The lowest BCUT2D eigenvalue weighted by atomic mass is 10.2. The van der Waals surface area contributed by atoms with E-state index in [1.54, 1.807) is 16.0 Å². The first-order chi connectivity index (χ1) is 12.7. The summed E-state index contributed by atoms with van der Waals surface area (Å²) >= 11 is 0. The van der Waals surface area contributed by atoms with E-state index in [1.165, 1.54) is 6.20 Å². The van der Waals surface area contributed by atoms with Gasteiger partial charge in [0.25, 0.3) is 5.91 Å². The van der Waals surface area contributed by atoms with E-state index in [2.05, 4.69) is 14.9 Å². The van der Waals surface area contributed by atoms with Crippen molar-refractivity contribution in [2.75, 3.05) is 37.6 Å². The summed E-state index contributed by atoms with van der Waals surface area (Å²) in [6, 6.07) is 9.90. The Labute approximate surface area is 153 Å². The number of anilines is 1. The molecule has 1 aromatic carbocycles. The second kappa shape index (κ2) is 8.42. The summed E-state index contributed by atoms with van der Waals surface area (Å²) < 4.78 is 0. The SMILES string of the molecule is CCN(Cc1ccccc1)C(=O)c1cnc(N2CCN(C=O)CC2)cn1. The number of piperazine rings is 1. The summed E-state index contributed by atoms with van der Waals surface area (Å²) in [5.41, 5.74) is 1.43. The second-order valence-electron chi connectivity index (χ2n) is 6.19. The van der Waals surface area contributed by atoms with Gasteiger partial charge < -0.3 is 14.7 Å². The molecule has 0 radical (unpaired) electrons. The fraction of sp³-hybridized carbons (Fsp3) is 0.368. The van der Waals surface area contributed by atoms with Crippen molar-refractivity contribution in [1.82, 2.24) is 19.8 Å².